The molecule has 2 N–H and O–H groups in total. The van der Waals surface area contributed by atoms with Gasteiger partial charge in [-0.2, -0.15) is 0 Å². The Hall–Kier alpha value is -0.360. The minimum Gasteiger partial charge on any atom is -0.443 e. The van der Waals surface area contributed by atoms with Gasteiger partial charge in [0.1, 0.15) is 5.76 Å². The molecule has 0 aliphatic carbocycles. The molecule has 24 heavy (non-hydrogen) atoms. The Morgan fingerprint density at radius 2 is 2.08 bits per heavy atom. The third-order valence-corrected chi connectivity index (χ3v) is 5.17. The third kappa shape index (κ3) is 6.87. The average molecular weight is 574 g/mol. The van der Waals surface area contributed by atoms with Gasteiger partial charge in [-0.1, -0.05) is 20.8 Å². The van der Waals surface area contributed by atoms with Gasteiger partial charge in [0.05, 0.1) is 15.6 Å². The van der Waals surface area contributed by atoms with E-state index < -0.39 is 0 Å². The highest BCUT2D eigenvalue weighted by molar-refractivity contribution is 14.1. The molecule has 5 nitrogen and oxygen atoms in total. The van der Waals surface area contributed by atoms with Gasteiger partial charge in [-0.05, 0) is 41.1 Å². The first-order valence-electron chi connectivity index (χ1n) is 7.52. The number of hydrogen-bond acceptors (Lipinski definition) is 4. The summed E-state index contributed by atoms with van der Waals surface area (Å²) in [5.41, 5.74) is -0.0244. The van der Waals surface area contributed by atoms with E-state index in [2.05, 4.69) is 76.1 Å². The number of thiophene rings is 1. The van der Waals surface area contributed by atoms with Crippen molar-refractivity contribution in [3.63, 3.8) is 0 Å². The van der Waals surface area contributed by atoms with Crippen molar-refractivity contribution in [1.29, 1.82) is 0 Å². The van der Waals surface area contributed by atoms with Crippen LogP contribution in [0.25, 0.3) is 0 Å². The molecule has 0 radical (unpaired) electrons. The van der Waals surface area contributed by atoms with Crippen LogP contribution in [0, 0.1) is 2.88 Å². The van der Waals surface area contributed by atoms with Crippen molar-refractivity contribution < 1.29 is 4.42 Å². The first kappa shape index (κ1) is 21.7. The van der Waals surface area contributed by atoms with E-state index in [-0.39, 0.29) is 29.4 Å². The van der Waals surface area contributed by atoms with Crippen LogP contribution in [0.15, 0.2) is 27.7 Å². The Morgan fingerprint density at radius 3 is 2.62 bits per heavy atom. The van der Waals surface area contributed by atoms with Gasteiger partial charge in [0.25, 0.3) is 0 Å². The number of aliphatic imine (C=N–C) groups is 1. The van der Waals surface area contributed by atoms with E-state index >= 15 is 0 Å². The number of aromatic nitrogens is 1. The molecular weight excluding hydrogens is 550 g/mol. The molecule has 0 amide bonds. The van der Waals surface area contributed by atoms with Crippen molar-refractivity contribution in [1.82, 2.24) is 15.6 Å². The lowest BCUT2D eigenvalue weighted by atomic mass is 9.94. The van der Waals surface area contributed by atoms with Crippen molar-refractivity contribution in [3.8, 4) is 0 Å². The highest BCUT2D eigenvalue weighted by Gasteiger charge is 2.19. The molecule has 0 aromatic carbocycles. The predicted molar refractivity (Wildman–Crippen MR) is 120 cm³/mol. The summed E-state index contributed by atoms with van der Waals surface area (Å²) in [4.78, 5) is 9.91. The van der Waals surface area contributed by atoms with Crippen LogP contribution in [0.2, 0.25) is 0 Å². The molecule has 0 bridgehead atoms. The smallest absolute Gasteiger partial charge is 0.213 e. The van der Waals surface area contributed by atoms with Gasteiger partial charge in [0.2, 0.25) is 5.89 Å². The maximum atomic E-state index is 5.76. The second kappa shape index (κ2) is 9.95. The summed E-state index contributed by atoms with van der Waals surface area (Å²) in [6.45, 7) is 7.69. The number of nitrogens with zero attached hydrogens (tertiary/aromatic N) is 2. The molecule has 2 aromatic rings. The summed E-state index contributed by atoms with van der Waals surface area (Å²) < 4.78 is 7.08. The fourth-order valence-electron chi connectivity index (χ4n) is 1.91. The number of oxazole rings is 1. The largest absolute Gasteiger partial charge is 0.443 e. The summed E-state index contributed by atoms with van der Waals surface area (Å²) in [5, 5.41) is 6.53. The SMILES string of the molecule is CN=C(NCCc1ccc(I)s1)NCc1ncc(C(C)(C)C)o1.I. The molecule has 0 aliphatic heterocycles. The predicted octanol–water partition coefficient (Wildman–Crippen LogP) is 4.16. The number of halogens is 2. The molecule has 0 saturated carbocycles. The second-order valence-electron chi connectivity index (χ2n) is 6.18. The lowest BCUT2D eigenvalue weighted by Gasteiger charge is -2.13. The van der Waals surface area contributed by atoms with Crippen LogP contribution in [0.1, 0.15) is 37.3 Å². The molecular formula is C16H24I2N4OS. The molecule has 0 fully saturated rings. The number of guanidine groups is 1. The molecule has 0 aliphatic rings. The Balaban J connectivity index is 0.00000288. The molecule has 2 rings (SSSR count). The average Bonchev–Trinajstić information content (AvgIpc) is 3.11. The second-order valence-corrected chi connectivity index (χ2v) is 9.24. The monoisotopic (exact) mass is 574 g/mol. The van der Waals surface area contributed by atoms with Gasteiger partial charge < -0.3 is 15.1 Å². The van der Waals surface area contributed by atoms with Gasteiger partial charge in [-0.15, -0.1) is 35.3 Å². The Bertz CT molecular complexity index is 661. The van der Waals surface area contributed by atoms with Crippen molar-refractivity contribution in [2.75, 3.05) is 13.6 Å². The van der Waals surface area contributed by atoms with E-state index in [0.29, 0.717) is 12.4 Å². The molecule has 0 unspecified atom stereocenters. The van der Waals surface area contributed by atoms with E-state index in [0.717, 1.165) is 24.7 Å². The molecule has 2 aromatic heterocycles. The molecule has 2 heterocycles. The summed E-state index contributed by atoms with van der Waals surface area (Å²) in [7, 11) is 1.76. The topological polar surface area (TPSA) is 62.5 Å². The van der Waals surface area contributed by atoms with E-state index in [4.69, 9.17) is 4.42 Å². The van der Waals surface area contributed by atoms with Gasteiger partial charge in [-0.25, -0.2) is 4.98 Å². The summed E-state index contributed by atoms with van der Waals surface area (Å²) in [5.74, 6) is 2.32. The molecule has 0 atom stereocenters. The quantitative estimate of drug-likeness (QED) is 0.320. The number of nitrogens with one attached hydrogen (secondary N) is 2. The van der Waals surface area contributed by atoms with Gasteiger partial charge >= 0.3 is 0 Å². The third-order valence-electron chi connectivity index (χ3n) is 3.22. The van der Waals surface area contributed by atoms with E-state index in [9.17, 15) is 0 Å². The summed E-state index contributed by atoms with van der Waals surface area (Å²) >= 11 is 4.17. The van der Waals surface area contributed by atoms with E-state index in [1.54, 1.807) is 13.2 Å². The highest BCUT2D eigenvalue weighted by Crippen LogP contribution is 2.22. The minimum absolute atomic E-state index is 0. The van der Waals surface area contributed by atoms with Crippen LogP contribution in [0.3, 0.4) is 0 Å². The molecule has 0 saturated heterocycles. The van der Waals surface area contributed by atoms with Crippen LogP contribution in [-0.2, 0) is 18.4 Å². The fourth-order valence-corrected chi connectivity index (χ4v) is 3.66. The lowest BCUT2D eigenvalue weighted by molar-refractivity contribution is 0.379. The van der Waals surface area contributed by atoms with Crippen molar-refractivity contribution in [2.45, 2.75) is 39.2 Å². The van der Waals surface area contributed by atoms with Crippen LogP contribution < -0.4 is 10.6 Å². The van der Waals surface area contributed by atoms with E-state index in [1.165, 1.54) is 7.76 Å². The summed E-state index contributed by atoms with van der Waals surface area (Å²) in [6.07, 6.45) is 2.78. The van der Waals surface area contributed by atoms with Crippen molar-refractivity contribution >= 4 is 63.9 Å². The Morgan fingerprint density at radius 1 is 1.33 bits per heavy atom. The first-order chi connectivity index (χ1) is 10.9. The minimum atomic E-state index is -0.0244. The normalized spacial score (nSPS) is 12.0. The zero-order chi connectivity index (χ0) is 16.9. The Labute approximate surface area is 178 Å². The van der Waals surface area contributed by atoms with E-state index in [1.807, 2.05) is 11.3 Å². The zero-order valence-corrected chi connectivity index (χ0v) is 19.7. The molecule has 134 valence electrons. The van der Waals surface area contributed by atoms with Crippen LogP contribution in [-0.4, -0.2) is 24.5 Å². The molecule has 0 spiro atoms. The van der Waals surface area contributed by atoms with Crippen molar-refractivity contribution in [2.24, 2.45) is 4.99 Å². The Kier molecular flexibility index (Phi) is 8.99. The first-order valence-corrected chi connectivity index (χ1v) is 9.42. The fraction of sp³-hybridized carbons (Fsp3) is 0.500. The van der Waals surface area contributed by atoms with Gasteiger partial charge in [-0.3, -0.25) is 4.99 Å². The maximum absolute atomic E-state index is 5.76. The number of rotatable bonds is 5. The lowest BCUT2D eigenvalue weighted by Crippen LogP contribution is -2.37. The van der Waals surface area contributed by atoms with Gasteiger partial charge in [0.15, 0.2) is 5.96 Å². The maximum Gasteiger partial charge on any atom is 0.213 e. The highest BCUT2D eigenvalue weighted by atomic mass is 127. The van der Waals surface area contributed by atoms with Crippen molar-refractivity contribution in [3.05, 3.63) is 37.7 Å². The zero-order valence-electron chi connectivity index (χ0n) is 14.4. The van der Waals surface area contributed by atoms with Crippen LogP contribution >= 0.6 is 57.9 Å². The van der Waals surface area contributed by atoms with Crippen LogP contribution in [0.5, 0.6) is 0 Å². The molecule has 8 heteroatoms. The summed E-state index contributed by atoms with van der Waals surface area (Å²) in [6, 6.07) is 4.31. The van der Waals surface area contributed by atoms with Crippen LogP contribution in [0.4, 0.5) is 0 Å². The number of hydrogen-bond donors (Lipinski definition) is 2. The standard InChI is InChI=1S/C16H23IN4OS.HI/c1-16(2,3)12-9-20-14(22-12)10-21-15(18-4)19-8-7-11-5-6-13(17)23-11;/h5-6,9H,7-8,10H2,1-4H3,(H2,18,19,21);1H. The van der Waals surface area contributed by atoms with Gasteiger partial charge in [0, 0.05) is 23.9 Å².